The Kier molecular flexibility index (Phi) is 9.31. The SMILES string of the molecule is CC(C)(C)c1cc(-c2cc(N(c3ccccc3)c3ccccc3)cc3oc(-c4cc(C(C)(C)C)ccc4O)nc23)cc(-c2cccc3c(C(C)(C)C)ccnc23)c1. The molecule has 5 heteroatoms. The lowest BCUT2D eigenvalue weighted by atomic mass is 9.82. The third-order valence-electron chi connectivity index (χ3n) is 10.9. The van der Waals surface area contributed by atoms with Crippen molar-refractivity contribution in [1.82, 2.24) is 9.97 Å². The third-order valence-corrected chi connectivity index (χ3v) is 10.9. The van der Waals surface area contributed by atoms with Crippen molar-refractivity contribution in [2.75, 3.05) is 4.90 Å². The maximum absolute atomic E-state index is 11.2. The minimum absolute atomic E-state index is 0.0425. The quantitative estimate of drug-likeness (QED) is 0.183. The first-order valence-corrected chi connectivity index (χ1v) is 19.8. The van der Waals surface area contributed by atoms with Gasteiger partial charge in [0, 0.05) is 40.2 Å². The summed E-state index contributed by atoms with van der Waals surface area (Å²) < 4.78 is 6.73. The van der Waals surface area contributed by atoms with E-state index in [1.807, 2.05) is 30.5 Å². The van der Waals surface area contributed by atoms with Gasteiger partial charge in [-0.1, -0.05) is 135 Å². The van der Waals surface area contributed by atoms with Gasteiger partial charge < -0.3 is 14.4 Å². The van der Waals surface area contributed by atoms with Crippen LogP contribution < -0.4 is 4.90 Å². The van der Waals surface area contributed by atoms with Crippen LogP contribution in [0, 0.1) is 0 Å². The van der Waals surface area contributed by atoms with Gasteiger partial charge in [0.15, 0.2) is 5.58 Å². The highest BCUT2D eigenvalue weighted by molar-refractivity contribution is 6.00. The molecule has 6 aromatic carbocycles. The number of pyridine rings is 1. The summed E-state index contributed by atoms with van der Waals surface area (Å²) in [5.74, 6) is 0.500. The fourth-order valence-electron chi connectivity index (χ4n) is 7.69. The summed E-state index contributed by atoms with van der Waals surface area (Å²) in [6, 6.07) is 46.4. The number of aromatic hydroxyl groups is 1. The molecule has 0 radical (unpaired) electrons. The van der Waals surface area contributed by atoms with Gasteiger partial charge in [0.25, 0.3) is 0 Å². The van der Waals surface area contributed by atoms with E-state index in [2.05, 4.69) is 170 Å². The minimum atomic E-state index is -0.162. The number of fused-ring (bicyclic) bond motifs is 2. The number of nitrogens with zero attached hydrogens (tertiary/aromatic N) is 3. The van der Waals surface area contributed by atoms with E-state index >= 15 is 0 Å². The van der Waals surface area contributed by atoms with Crippen molar-refractivity contribution in [3.8, 4) is 39.5 Å². The molecule has 0 aliphatic carbocycles. The van der Waals surface area contributed by atoms with E-state index in [1.54, 1.807) is 6.07 Å². The Morgan fingerprint density at radius 2 is 1.14 bits per heavy atom. The van der Waals surface area contributed by atoms with Crippen molar-refractivity contribution in [2.24, 2.45) is 0 Å². The predicted molar refractivity (Wildman–Crippen MR) is 238 cm³/mol. The number of aromatic nitrogens is 2. The fraction of sp³-hybridized carbons (Fsp3) is 0.231. The van der Waals surface area contributed by atoms with E-state index in [0.717, 1.165) is 61.3 Å². The van der Waals surface area contributed by atoms with Crippen LogP contribution in [0.5, 0.6) is 5.75 Å². The van der Waals surface area contributed by atoms with E-state index in [1.165, 1.54) is 11.1 Å². The number of hydrogen-bond acceptors (Lipinski definition) is 5. The molecule has 57 heavy (non-hydrogen) atoms. The van der Waals surface area contributed by atoms with Crippen LogP contribution in [0.15, 0.2) is 144 Å². The van der Waals surface area contributed by atoms with Gasteiger partial charge in [0.05, 0.1) is 16.8 Å². The normalized spacial score (nSPS) is 12.4. The van der Waals surface area contributed by atoms with Crippen molar-refractivity contribution < 1.29 is 9.52 Å². The van der Waals surface area contributed by atoms with Crippen molar-refractivity contribution in [1.29, 1.82) is 0 Å². The van der Waals surface area contributed by atoms with Crippen LogP contribution in [0.25, 0.3) is 55.7 Å². The molecule has 1 N–H and O–H groups in total. The second-order valence-electron chi connectivity index (χ2n) is 18.2. The van der Waals surface area contributed by atoms with Crippen LogP contribution in [-0.2, 0) is 16.2 Å². The Hall–Kier alpha value is -6.20. The molecule has 286 valence electrons. The summed E-state index contributed by atoms with van der Waals surface area (Å²) in [7, 11) is 0. The van der Waals surface area contributed by atoms with Gasteiger partial charge in [-0.2, -0.15) is 0 Å². The first kappa shape index (κ1) is 37.7. The second-order valence-corrected chi connectivity index (χ2v) is 18.2. The van der Waals surface area contributed by atoms with Crippen LogP contribution in [0.3, 0.4) is 0 Å². The lowest BCUT2D eigenvalue weighted by Gasteiger charge is -2.26. The molecule has 5 nitrogen and oxygen atoms in total. The molecule has 0 saturated carbocycles. The Balaban J connectivity index is 1.43. The smallest absolute Gasteiger partial charge is 0.231 e. The van der Waals surface area contributed by atoms with Crippen LogP contribution >= 0.6 is 0 Å². The van der Waals surface area contributed by atoms with Gasteiger partial charge >= 0.3 is 0 Å². The monoisotopic (exact) mass is 749 g/mol. The van der Waals surface area contributed by atoms with Gasteiger partial charge in [-0.25, -0.2) is 4.98 Å². The molecule has 0 atom stereocenters. The van der Waals surface area contributed by atoms with E-state index in [0.29, 0.717) is 17.0 Å². The average Bonchev–Trinajstić information content (AvgIpc) is 3.61. The molecule has 0 bridgehead atoms. The summed E-state index contributed by atoms with van der Waals surface area (Å²) in [6.45, 7) is 20.0. The molecule has 0 aliphatic rings. The Morgan fingerprint density at radius 1 is 0.509 bits per heavy atom. The molecule has 0 saturated heterocycles. The predicted octanol–water partition coefficient (Wildman–Crippen LogP) is 14.4. The molecule has 0 fully saturated rings. The summed E-state index contributed by atoms with van der Waals surface area (Å²) >= 11 is 0. The van der Waals surface area contributed by atoms with Gasteiger partial charge in [-0.3, -0.25) is 4.98 Å². The summed E-state index contributed by atoms with van der Waals surface area (Å²) in [6.07, 6.45) is 1.94. The molecule has 0 spiro atoms. The lowest BCUT2D eigenvalue weighted by molar-refractivity contribution is 0.473. The number of oxazole rings is 1. The highest BCUT2D eigenvalue weighted by atomic mass is 16.3. The van der Waals surface area contributed by atoms with Crippen LogP contribution in [0.1, 0.15) is 79.0 Å². The first-order chi connectivity index (χ1) is 27.1. The molecule has 0 unspecified atom stereocenters. The molecule has 2 heterocycles. The number of hydrogen-bond donors (Lipinski definition) is 1. The zero-order valence-electron chi connectivity index (χ0n) is 34.5. The molecular formula is C52H51N3O2. The Labute approximate surface area is 336 Å². The van der Waals surface area contributed by atoms with Crippen molar-refractivity contribution in [2.45, 2.75) is 78.6 Å². The largest absolute Gasteiger partial charge is 0.507 e. The van der Waals surface area contributed by atoms with E-state index in [4.69, 9.17) is 14.4 Å². The van der Waals surface area contributed by atoms with Crippen molar-refractivity contribution >= 4 is 39.1 Å². The zero-order chi connectivity index (χ0) is 40.3. The molecule has 0 amide bonds. The van der Waals surface area contributed by atoms with Gasteiger partial charge in [0.1, 0.15) is 11.3 Å². The maximum atomic E-state index is 11.2. The molecule has 0 aliphatic heterocycles. The summed E-state index contributed by atoms with van der Waals surface area (Å²) in [4.78, 5) is 12.5. The van der Waals surface area contributed by atoms with Crippen LogP contribution in [0.2, 0.25) is 0 Å². The minimum Gasteiger partial charge on any atom is -0.507 e. The van der Waals surface area contributed by atoms with E-state index in [-0.39, 0.29) is 22.0 Å². The van der Waals surface area contributed by atoms with E-state index < -0.39 is 0 Å². The Morgan fingerprint density at radius 3 is 1.75 bits per heavy atom. The second kappa shape index (κ2) is 14.1. The summed E-state index contributed by atoms with van der Waals surface area (Å²) in [5, 5.41) is 12.4. The van der Waals surface area contributed by atoms with Crippen molar-refractivity contribution in [3.63, 3.8) is 0 Å². The average molecular weight is 750 g/mol. The van der Waals surface area contributed by atoms with Crippen LogP contribution in [-0.4, -0.2) is 15.1 Å². The number of anilines is 3. The maximum Gasteiger partial charge on any atom is 0.231 e. The number of phenols is 1. The highest BCUT2D eigenvalue weighted by Crippen LogP contribution is 2.45. The fourth-order valence-corrected chi connectivity index (χ4v) is 7.69. The molecule has 8 rings (SSSR count). The zero-order valence-corrected chi connectivity index (χ0v) is 34.5. The van der Waals surface area contributed by atoms with Crippen LogP contribution in [0.4, 0.5) is 17.1 Å². The highest BCUT2D eigenvalue weighted by Gasteiger charge is 2.25. The number of rotatable bonds is 6. The topological polar surface area (TPSA) is 62.4 Å². The first-order valence-electron chi connectivity index (χ1n) is 19.8. The Bertz CT molecular complexity index is 2710. The van der Waals surface area contributed by atoms with E-state index in [9.17, 15) is 5.11 Å². The van der Waals surface area contributed by atoms with Gasteiger partial charge in [-0.15, -0.1) is 0 Å². The number of para-hydroxylation sites is 3. The number of benzene rings is 6. The molecular weight excluding hydrogens is 699 g/mol. The molecule has 2 aromatic heterocycles. The van der Waals surface area contributed by atoms with Crippen molar-refractivity contribution in [3.05, 3.63) is 156 Å². The van der Waals surface area contributed by atoms with Gasteiger partial charge in [0.2, 0.25) is 5.89 Å². The summed E-state index contributed by atoms with van der Waals surface area (Å²) in [5.41, 5.74) is 13.2. The number of phenolic OH excluding ortho intramolecular Hbond substituents is 1. The third kappa shape index (κ3) is 7.31. The standard InChI is InChI=1S/C52H51N3O2/c1-50(2,3)35-23-24-45(56)43(30-35)49-54-48-42(31-39(32-46(48)57-49)55(37-17-12-10-13-18-37)38-19-14-11-15-20-38)34-27-33(28-36(29-34)51(4,5)6)40-21-16-22-41-44(52(7,8)9)25-26-53-47(40)41/h10-32,56H,1-9H3. The molecule has 8 aromatic rings. The van der Waals surface area contributed by atoms with Gasteiger partial charge in [-0.05, 0) is 98.7 Å². The lowest BCUT2D eigenvalue weighted by Crippen LogP contribution is -2.12.